The number of nitrogens with zero attached hydrogens (tertiary/aromatic N) is 4. The second kappa shape index (κ2) is 7.55. The lowest BCUT2D eigenvalue weighted by atomic mass is 9.97. The van der Waals surface area contributed by atoms with Gasteiger partial charge < -0.3 is 4.90 Å². The zero-order chi connectivity index (χ0) is 20.9. The number of thiophene rings is 1. The van der Waals surface area contributed by atoms with Crippen molar-refractivity contribution < 1.29 is 12.8 Å². The van der Waals surface area contributed by atoms with Crippen LogP contribution in [-0.4, -0.2) is 48.9 Å². The molecule has 1 fully saturated rings. The molecule has 0 saturated carbocycles. The number of aryl methyl sites for hydroxylation is 3. The molecule has 5 rings (SSSR count). The van der Waals surface area contributed by atoms with E-state index in [-0.39, 0.29) is 4.90 Å². The summed E-state index contributed by atoms with van der Waals surface area (Å²) in [5.74, 6) is 1.24. The second-order valence-corrected chi connectivity index (χ2v) is 10.9. The molecular formula is C21H23FN4O2S2. The Hall–Kier alpha value is -2.10. The lowest BCUT2D eigenvalue weighted by Crippen LogP contribution is -2.49. The summed E-state index contributed by atoms with van der Waals surface area (Å²) in [5.41, 5.74) is 1.39. The van der Waals surface area contributed by atoms with Gasteiger partial charge in [0.05, 0.1) is 10.3 Å². The smallest absolute Gasteiger partial charge is 0.243 e. The van der Waals surface area contributed by atoms with Crippen molar-refractivity contribution in [2.24, 2.45) is 0 Å². The van der Waals surface area contributed by atoms with Crippen LogP contribution in [0.25, 0.3) is 10.2 Å². The van der Waals surface area contributed by atoms with E-state index in [0.29, 0.717) is 26.2 Å². The highest BCUT2D eigenvalue weighted by Crippen LogP contribution is 2.40. The molecule has 1 aliphatic carbocycles. The first-order chi connectivity index (χ1) is 14.4. The Morgan fingerprint density at radius 1 is 1.00 bits per heavy atom. The van der Waals surface area contributed by atoms with Crippen molar-refractivity contribution in [3.63, 3.8) is 0 Å². The Morgan fingerprint density at radius 2 is 1.70 bits per heavy atom. The first kappa shape index (κ1) is 19.8. The van der Waals surface area contributed by atoms with Crippen molar-refractivity contribution in [1.82, 2.24) is 14.3 Å². The number of sulfonamides is 1. The van der Waals surface area contributed by atoms with Crippen LogP contribution in [-0.2, 0) is 22.9 Å². The zero-order valence-electron chi connectivity index (χ0n) is 16.8. The molecule has 30 heavy (non-hydrogen) atoms. The van der Waals surface area contributed by atoms with Crippen LogP contribution in [0.4, 0.5) is 10.2 Å². The molecule has 3 heterocycles. The first-order valence-electron chi connectivity index (χ1n) is 10.2. The van der Waals surface area contributed by atoms with Gasteiger partial charge in [0.15, 0.2) is 0 Å². The molecule has 6 nitrogen and oxygen atoms in total. The molecular weight excluding hydrogens is 423 g/mol. The van der Waals surface area contributed by atoms with Gasteiger partial charge in [-0.1, -0.05) is 0 Å². The Kier molecular flexibility index (Phi) is 4.99. The maximum Gasteiger partial charge on any atom is 0.243 e. The molecule has 3 aromatic rings. The Balaban J connectivity index is 1.43. The molecule has 2 aliphatic rings. The molecule has 0 unspecified atom stereocenters. The lowest BCUT2D eigenvalue weighted by molar-refractivity contribution is 0.384. The molecule has 1 aliphatic heterocycles. The van der Waals surface area contributed by atoms with Crippen LogP contribution in [0.3, 0.4) is 0 Å². The number of anilines is 1. The minimum Gasteiger partial charge on any atom is -0.353 e. The number of benzene rings is 1. The van der Waals surface area contributed by atoms with Gasteiger partial charge in [-0.15, -0.1) is 11.3 Å². The topological polar surface area (TPSA) is 66.4 Å². The molecule has 2 aromatic heterocycles. The third-order valence-corrected chi connectivity index (χ3v) is 9.00. The van der Waals surface area contributed by atoms with Crippen LogP contribution >= 0.6 is 11.3 Å². The van der Waals surface area contributed by atoms with Crippen molar-refractivity contribution >= 4 is 37.4 Å². The van der Waals surface area contributed by atoms with Crippen molar-refractivity contribution in [3.8, 4) is 0 Å². The number of halogens is 1. The van der Waals surface area contributed by atoms with Gasteiger partial charge in [0.2, 0.25) is 10.0 Å². The fraction of sp³-hybridized carbons (Fsp3) is 0.429. The molecule has 0 spiro atoms. The van der Waals surface area contributed by atoms with E-state index in [1.807, 2.05) is 6.92 Å². The van der Waals surface area contributed by atoms with Crippen LogP contribution < -0.4 is 4.90 Å². The van der Waals surface area contributed by atoms with E-state index in [0.717, 1.165) is 34.7 Å². The number of aromatic nitrogens is 2. The number of rotatable bonds is 3. The summed E-state index contributed by atoms with van der Waals surface area (Å²) < 4.78 is 40.5. The quantitative estimate of drug-likeness (QED) is 0.616. The molecule has 158 valence electrons. The van der Waals surface area contributed by atoms with E-state index in [4.69, 9.17) is 4.98 Å². The molecule has 0 amide bonds. The van der Waals surface area contributed by atoms with E-state index >= 15 is 0 Å². The van der Waals surface area contributed by atoms with Gasteiger partial charge in [-0.3, -0.25) is 0 Å². The first-order valence-corrected chi connectivity index (χ1v) is 12.5. The normalized spacial score (nSPS) is 18.0. The van der Waals surface area contributed by atoms with Gasteiger partial charge in [0.25, 0.3) is 0 Å². The average molecular weight is 447 g/mol. The van der Waals surface area contributed by atoms with Crippen molar-refractivity contribution in [2.75, 3.05) is 31.1 Å². The number of fused-ring (bicyclic) bond motifs is 3. The largest absolute Gasteiger partial charge is 0.353 e. The summed E-state index contributed by atoms with van der Waals surface area (Å²) >= 11 is 1.78. The summed E-state index contributed by atoms with van der Waals surface area (Å²) in [4.78, 5) is 14.2. The standard InChI is InChI=1S/C21H23FN4O2S2/c1-14-23-20(19-17-4-2-3-5-18(17)29-21(19)24-14)25-10-12-26(13-11-25)30(27,28)16-8-6-15(22)7-9-16/h6-9H,2-5,10-13H2,1H3. The highest BCUT2D eigenvalue weighted by molar-refractivity contribution is 7.89. The summed E-state index contributed by atoms with van der Waals surface area (Å²) in [6.45, 7) is 3.79. The zero-order valence-corrected chi connectivity index (χ0v) is 18.4. The van der Waals surface area contributed by atoms with E-state index in [1.165, 1.54) is 51.9 Å². The van der Waals surface area contributed by atoms with Crippen molar-refractivity contribution in [1.29, 1.82) is 0 Å². The summed E-state index contributed by atoms with van der Waals surface area (Å²) in [7, 11) is -3.63. The SMILES string of the molecule is Cc1nc(N2CCN(S(=O)(=O)c3ccc(F)cc3)CC2)c2c3c(sc2n1)CCCC3. The minimum absolute atomic E-state index is 0.129. The Bertz CT molecular complexity index is 1200. The Morgan fingerprint density at radius 3 is 2.43 bits per heavy atom. The molecule has 0 bridgehead atoms. The van der Waals surface area contributed by atoms with Crippen LogP contribution in [0.1, 0.15) is 29.1 Å². The highest BCUT2D eigenvalue weighted by atomic mass is 32.2. The van der Waals surface area contributed by atoms with Crippen molar-refractivity contribution in [2.45, 2.75) is 37.5 Å². The number of hydrogen-bond acceptors (Lipinski definition) is 6. The lowest BCUT2D eigenvalue weighted by Gasteiger charge is -2.35. The van der Waals surface area contributed by atoms with Crippen LogP contribution in [0.15, 0.2) is 29.2 Å². The van der Waals surface area contributed by atoms with Gasteiger partial charge in [0.1, 0.15) is 22.3 Å². The summed E-state index contributed by atoms with van der Waals surface area (Å²) in [5, 5.41) is 1.16. The van der Waals surface area contributed by atoms with E-state index in [2.05, 4.69) is 9.88 Å². The fourth-order valence-corrected chi connectivity index (χ4v) is 7.09. The Labute approximate surface area is 179 Å². The fourth-order valence-electron chi connectivity index (χ4n) is 4.37. The minimum atomic E-state index is -3.63. The molecule has 0 radical (unpaired) electrons. The van der Waals surface area contributed by atoms with Gasteiger partial charge in [-0.05, 0) is 62.4 Å². The van der Waals surface area contributed by atoms with Gasteiger partial charge in [0, 0.05) is 31.1 Å². The summed E-state index contributed by atoms with van der Waals surface area (Å²) in [6.07, 6.45) is 4.59. The van der Waals surface area contributed by atoms with Gasteiger partial charge in [-0.25, -0.2) is 22.8 Å². The van der Waals surface area contributed by atoms with Crippen molar-refractivity contribution in [3.05, 3.63) is 46.3 Å². The van der Waals surface area contributed by atoms with Crippen LogP contribution in [0.5, 0.6) is 0 Å². The third kappa shape index (κ3) is 3.38. The predicted molar refractivity (Wildman–Crippen MR) is 116 cm³/mol. The maximum absolute atomic E-state index is 13.2. The monoisotopic (exact) mass is 446 g/mol. The molecule has 0 atom stereocenters. The molecule has 1 saturated heterocycles. The predicted octanol–water partition coefficient (Wildman–Crippen LogP) is 3.53. The van der Waals surface area contributed by atoms with E-state index in [9.17, 15) is 12.8 Å². The number of piperazine rings is 1. The highest BCUT2D eigenvalue weighted by Gasteiger charge is 2.31. The van der Waals surface area contributed by atoms with Crippen LogP contribution in [0, 0.1) is 12.7 Å². The van der Waals surface area contributed by atoms with Gasteiger partial charge in [-0.2, -0.15) is 4.31 Å². The van der Waals surface area contributed by atoms with E-state index in [1.54, 1.807) is 11.3 Å². The molecule has 1 aromatic carbocycles. The summed E-state index contributed by atoms with van der Waals surface area (Å²) in [6, 6.07) is 5.02. The molecule has 9 heteroatoms. The maximum atomic E-state index is 13.2. The number of hydrogen-bond donors (Lipinski definition) is 0. The third-order valence-electron chi connectivity index (χ3n) is 5.90. The molecule has 0 N–H and O–H groups in total. The van der Waals surface area contributed by atoms with E-state index < -0.39 is 15.8 Å². The van der Waals surface area contributed by atoms with Crippen LogP contribution in [0.2, 0.25) is 0 Å². The average Bonchev–Trinajstić information content (AvgIpc) is 3.11. The van der Waals surface area contributed by atoms with Gasteiger partial charge >= 0.3 is 0 Å². The second-order valence-electron chi connectivity index (χ2n) is 7.83.